The number of hydrogen-bond donors (Lipinski definition) is 2. The van der Waals surface area contributed by atoms with Crippen LogP contribution in [0.5, 0.6) is 0 Å². The SMILES string of the molecule is Cc1ccc(C)c(NC(=O)C(Cc2ccc(F)cc2)c2nn[nH]n2)c1. The fourth-order valence-corrected chi connectivity index (χ4v) is 2.56. The first kappa shape index (κ1) is 16.8. The third-order valence-corrected chi connectivity index (χ3v) is 3.99. The fraction of sp³-hybridized carbons (Fsp3) is 0.222. The minimum atomic E-state index is -0.635. The van der Waals surface area contributed by atoms with Crippen LogP contribution in [0.1, 0.15) is 28.4 Å². The number of rotatable bonds is 5. The molecule has 128 valence electrons. The van der Waals surface area contributed by atoms with Crippen LogP contribution in [0.4, 0.5) is 10.1 Å². The number of benzene rings is 2. The number of nitrogens with one attached hydrogen (secondary N) is 2. The second-order valence-corrected chi connectivity index (χ2v) is 5.96. The van der Waals surface area contributed by atoms with E-state index in [0.29, 0.717) is 12.2 Å². The van der Waals surface area contributed by atoms with E-state index in [2.05, 4.69) is 25.9 Å². The number of H-pyrrole nitrogens is 1. The summed E-state index contributed by atoms with van der Waals surface area (Å²) < 4.78 is 13.1. The molecule has 0 bridgehead atoms. The Kier molecular flexibility index (Phi) is 4.83. The van der Waals surface area contributed by atoms with Crippen LogP contribution >= 0.6 is 0 Å². The highest BCUT2D eigenvalue weighted by Gasteiger charge is 2.25. The van der Waals surface area contributed by atoms with Gasteiger partial charge in [0.05, 0.1) is 0 Å². The monoisotopic (exact) mass is 339 g/mol. The van der Waals surface area contributed by atoms with Gasteiger partial charge in [-0.3, -0.25) is 4.79 Å². The second-order valence-electron chi connectivity index (χ2n) is 5.96. The zero-order valence-corrected chi connectivity index (χ0v) is 14.0. The fourth-order valence-electron chi connectivity index (χ4n) is 2.56. The minimum Gasteiger partial charge on any atom is -0.325 e. The minimum absolute atomic E-state index is 0.237. The molecule has 0 saturated carbocycles. The van der Waals surface area contributed by atoms with Crippen LogP contribution in [0.15, 0.2) is 42.5 Å². The lowest BCUT2D eigenvalue weighted by molar-refractivity contribution is -0.117. The molecule has 0 aliphatic carbocycles. The predicted octanol–water partition coefficient (Wildman–Crippen LogP) is 2.92. The van der Waals surface area contributed by atoms with Gasteiger partial charge in [-0.1, -0.05) is 29.5 Å². The van der Waals surface area contributed by atoms with Crippen LogP contribution in [0.2, 0.25) is 0 Å². The Labute approximate surface area is 144 Å². The van der Waals surface area contributed by atoms with Gasteiger partial charge >= 0.3 is 0 Å². The highest BCUT2D eigenvalue weighted by Crippen LogP contribution is 2.22. The standard InChI is InChI=1S/C18H18FN5O/c1-11-3-4-12(2)16(9-11)20-18(25)15(17-21-23-24-22-17)10-13-5-7-14(19)8-6-13/h3-9,15H,10H2,1-2H3,(H,20,25)(H,21,22,23,24). The number of anilines is 1. The van der Waals surface area contributed by atoms with Crippen molar-refractivity contribution in [3.8, 4) is 0 Å². The van der Waals surface area contributed by atoms with E-state index in [1.165, 1.54) is 12.1 Å². The van der Waals surface area contributed by atoms with E-state index < -0.39 is 5.92 Å². The summed E-state index contributed by atoms with van der Waals surface area (Å²) in [5.74, 6) is -0.893. The molecule has 0 fully saturated rings. The molecular formula is C18H18FN5O. The van der Waals surface area contributed by atoms with Crippen molar-refractivity contribution < 1.29 is 9.18 Å². The summed E-state index contributed by atoms with van der Waals surface area (Å²) in [6, 6.07) is 11.9. The first-order valence-electron chi connectivity index (χ1n) is 7.89. The van der Waals surface area contributed by atoms with E-state index in [0.717, 1.165) is 22.4 Å². The number of aromatic nitrogens is 4. The lowest BCUT2D eigenvalue weighted by atomic mass is 9.97. The molecule has 25 heavy (non-hydrogen) atoms. The summed E-state index contributed by atoms with van der Waals surface area (Å²) >= 11 is 0. The van der Waals surface area contributed by atoms with Crippen molar-refractivity contribution in [2.45, 2.75) is 26.2 Å². The maximum atomic E-state index is 13.1. The maximum Gasteiger partial charge on any atom is 0.235 e. The summed E-state index contributed by atoms with van der Waals surface area (Å²) in [6.07, 6.45) is 0.344. The van der Waals surface area contributed by atoms with Gasteiger partial charge in [-0.15, -0.1) is 10.2 Å². The zero-order valence-electron chi connectivity index (χ0n) is 14.0. The summed E-state index contributed by atoms with van der Waals surface area (Å²) in [6.45, 7) is 3.89. The molecule has 1 amide bonds. The number of aromatic amines is 1. The zero-order chi connectivity index (χ0) is 17.8. The van der Waals surface area contributed by atoms with Gasteiger partial charge < -0.3 is 5.32 Å². The molecule has 7 heteroatoms. The molecule has 1 unspecified atom stereocenters. The largest absolute Gasteiger partial charge is 0.325 e. The Morgan fingerprint density at radius 1 is 1.20 bits per heavy atom. The van der Waals surface area contributed by atoms with Gasteiger partial charge in [0.2, 0.25) is 5.91 Å². The van der Waals surface area contributed by atoms with E-state index in [-0.39, 0.29) is 11.7 Å². The van der Waals surface area contributed by atoms with Crippen LogP contribution in [0.25, 0.3) is 0 Å². The molecule has 2 aromatic carbocycles. The molecular weight excluding hydrogens is 321 g/mol. The first-order chi connectivity index (χ1) is 12.0. The Morgan fingerprint density at radius 2 is 1.96 bits per heavy atom. The number of amides is 1. The Bertz CT molecular complexity index is 862. The van der Waals surface area contributed by atoms with Crippen molar-refractivity contribution in [3.63, 3.8) is 0 Å². The molecule has 3 aromatic rings. The molecule has 1 aromatic heterocycles. The molecule has 0 radical (unpaired) electrons. The number of carbonyl (C=O) groups excluding carboxylic acids is 1. The lowest BCUT2D eigenvalue weighted by Gasteiger charge is -2.15. The van der Waals surface area contributed by atoms with Crippen molar-refractivity contribution in [1.29, 1.82) is 0 Å². The van der Waals surface area contributed by atoms with Crippen LogP contribution in [-0.2, 0) is 11.2 Å². The molecule has 2 N–H and O–H groups in total. The van der Waals surface area contributed by atoms with Gasteiger partial charge in [-0.25, -0.2) is 4.39 Å². The van der Waals surface area contributed by atoms with Crippen LogP contribution in [0, 0.1) is 19.7 Å². The highest BCUT2D eigenvalue weighted by molar-refractivity contribution is 5.96. The van der Waals surface area contributed by atoms with Crippen molar-refractivity contribution in [2.75, 3.05) is 5.32 Å². The predicted molar refractivity (Wildman–Crippen MR) is 91.6 cm³/mol. The van der Waals surface area contributed by atoms with Gasteiger partial charge in [0, 0.05) is 5.69 Å². The number of hydrogen-bond acceptors (Lipinski definition) is 4. The van der Waals surface area contributed by atoms with E-state index in [4.69, 9.17) is 0 Å². The highest BCUT2D eigenvalue weighted by atomic mass is 19.1. The molecule has 0 aliphatic heterocycles. The van der Waals surface area contributed by atoms with Crippen LogP contribution in [-0.4, -0.2) is 26.5 Å². The topological polar surface area (TPSA) is 83.6 Å². The third kappa shape index (κ3) is 4.06. The lowest BCUT2D eigenvalue weighted by Crippen LogP contribution is -2.24. The van der Waals surface area contributed by atoms with Gasteiger partial charge in [-0.2, -0.15) is 5.21 Å². The number of carbonyl (C=O) groups is 1. The van der Waals surface area contributed by atoms with Crippen molar-refractivity contribution >= 4 is 11.6 Å². The van der Waals surface area contributed by atoms with Gasteiger partial charge in [0.25, 0.3) is 0 Å². The smallest absolute Gasteiger partial charge is 0.235 e. The molecule has 0 saturated heterocycles. The van der Waals surface area contributed by atoms with Gasteiger partial charge in [-0.05, 0) is 55.2 Å². The summed E-state index contributed by atoms with van der Waals surface area (Å²) in [4.78, 5) is 12.8. The number of nitrogens with zero attached hydrogens (tertiary/aromatic N) is 3. The third-order valence-electron chi connectivity index (χ3n) is 3.99. The molecule has 0 spiro atoms. The maximum absolute atomic E-state index is 13.1. The number of halogens is 1. The normalized spacial score (nSPS) is 12.0. The Balaban J connectivity index is 1.85. The van der Waals surface area contributed by atoms with Crippen LogP contribution < -0.4 is 5.32 Å². The van der Waals surface area contributed by atoms with Gasteiger partial charge in [0.1, 0.15) is 11.7 Å². The number of aryl methyl sites for hydroxylation is 2. The molecule has 3 rings (SSSR count). The van der Waals surface area contributed by atoms with E-state index in [9.17, 15) is 9.18 Å². The Morgan fingerprint density at radius 3 is 2.64 bits per heavy atom. The average molecular weight is 339 g/mol. The summed E-state index contributed by atoms with van der Waals surface area (Å²) in [5.41, 5.74) is 3.58. The summed E-state index contributed by atoms with van der Waals surface area (Å²) in [5, 5.41) is 16.8. The molecule has 1 atom stereocenters. The van der Waals surface area contributed by atoms with Gasteiger partial charge in [0.15, 0.2) is 5.82 Å². The van der Waals surface area contributed by atoms with Crippen molar-refractivity contribution in [1.82, 2.24) is 20.6 Å². The first-order valence-corrected chi connectivity index (χ1v) is 7.89. The molecule has 6 nitrogen and oxygen atoms in total. The second kappa shape index (κ2) is 7.21. The van der Waals surface area contributed by atoms with E-state index in [1.807, 2.05) is 32.0 Å². The molecule has 1 heterocycles. The van der Waals surface area contributed by atoms with E-state index >= 15 is 0 Å². The van der Waals surface area contributed by atoms with Crippen LogP contribution in [0.3, 0.4) is 0 Å². The summed E-state index contributed by atoms with van der Waals surface area (Å²) in [7, 11) is 0. The van der Waals surface area contributed by atoms with E-state index in [1.54, 1.807) is 12.1 Å². The van der Waals surface area contributed by atoms with Crippen molar-refractivity contribution in [3.05, 3.63) is 70.8 Å². The van der Waals surface area contributed by atoms with Crippen molar-refractivity contribution in [2.24, 2.45) is 0 Å². The average Bonchev–Trinajstić information content (AvgIpc) is 3.11. The quantitative estimate of drug-likeness (QED) is 0.749. The molecule has 0 aliphatic rings. The number of tetrazole rings is 1. The Hall–Kier alpha value is -3.09.